The van der Waals surface area contributed by atoms with Crippen molar-refractivity contribution in [1.82, 2.24) is 4.90 Å². The first-order valence-corrected chi connectivity index (χ1v) is 7.23. The van der Waals surface area contributed by atoms with Crippen LogP contribution in [0.15, 0.2) is 30.3 Å². The molecule has 0 saturated carbocycles. The number of carbonyl (C=O) groups is 1. The summed E-state index contributed by atoms with van der Waals surface area (Å²) < 4.78 is 5.35. The predicted molar refractivity (Wildman–Crippen MR) is 79.8 cm³/mol. The number of benzene rings is 1. The van der Waals surface area contributed by atoms with E-state index in [-0.39, 0.29) is 12.5 Å². The van der Waals surface area contributed by atoms with Crippen LogP contribution in [0.1, 0.15) is 38.3 Å². The minimum Gasteiger partial charge on any atom is -0.481 e. The van der Waals surface area contributed by atoms with E-state index < -0.39 is 5.97 Å². The Bertz CT molecular complexity index is 381. The molecule has 1 atom stereocenters. The van der Waals surface area contributed by atoms with Crippen LogP contribution in [0.3, 0.4) is 0 Å². The third-order valence-corrected chi connectivity index (χ3v) is 3.38. The molecule has 0 aliphatic rings. The summed E-state index contributed by atoms with van der Waals surface area (Å²) in [6.45, 7) is 6.97. The maximum Gasteiger partial charge on any atom is 0.304 e. The van der Waals surface area contributed by atoms with E-state index in [0.29, 0.717) is 6.54 Å². The summed E-state index contributed by atoms with van der Waals surface area (Å²) in [7, 11) is 0. The first-order valence-electron chi connectivity index (χ1n) is 7.23. The van der Waals surface area contributed by atoms with Gasteiger partial charge in [-0.15, -0.1) is 0 Å². The summed E-state index contributed by atoms with van der Waals surface area (Å²) in [5.41, 5.74) is 1.22. The van der Waals surface area contributed by atoms with Crippen LogP contribution in [0.2, 0.25) is 0 Å². The molecule has 0 aliphatic carbocycles. The van der Waals surface area contributed by atoms with Crippen LogP contribution in [0, 0.1) is 0 Å². The van der Waals surface area contributed by atoms with E-state index in [1.165, 1.54) is 5.56 Å². The smallest absolute Gasteiger partial charge is 0.304 e. The Morgan fingerprint density at radius 2 is 2.00 bits per heavy atom. The lowest BCUT2D eigenvalue weighted by atomic mass is 10.1. The predicted octanol–water partition coefficient (Wildman–Crippen LogP) is 2.95. The highest BCUT2D eigenvalue weighted by molar-refractivity contribution is 5.66. The molecule has 0 radical (unpaired) electrons. The molecule has 0 bridgehead atoms. The molecule has 0 amide bonds. The van der Waals surface area contributed by atoms with E-state index in [1.807, 2.05) is 25.1 Å². The number of ether oxygens (including phenoxy) is 1. The third-order valence-electron chi connectivity index (χ3n) is 3.38. The van der Waals surface area contributed by atoms with Crippen molar-refractivity contribution in [3.63, 3.8) is 0 Å². The van der Waals surface area contributed by atoms with Gasteiger partial charge >= 0.3 is 5.97 Å². The molecule has 1 rings (SSSR count). The van der Waals surface area contributed by atoms with Gasteiger partial charge < -0.3 is 9.84 Å². The molecule has 0 saturated heterocycles. The van der Waals surface area contributed by atoms with Gasteiger partial charge in [0.25, 0.3) is 0 Å². The van der Waals surface area contributed by atoms with Crippen molar-refractivity contribution < 1.29 is 14.6 Å². The molecule has 112 valence electrons. The zero-order valence-corrected chi connectivity index (χ0v) is 12.4. The van der Waals surface area contributed by atoms with Crippen molar-refractivity contribution in [2.75, 3.05) is 26.3 Å². The largest absolute Gasteiger partial charge is 0.481 e. The zero-order chi connectivity index (χ0) is 14.8. The molecule has 1 aromatic rings. The Kier molecular flexibility index (Phi) is 7.92. The molecular weight excluding hydrogens is 254 g/mol. The molecule has 20 heavy (non-hydrogen) atoms. The molecule has 1 N–H and O–H groups in total. The van der Waals surface area contributed by atoms with Crippen LogP contribution in [-0.4, -0.2) is 42.3 Å². The average molecular weight is 279 g/mol. The number of aliphatic carboxylic acids is 1. The van der Waals surface area contributed by atoms with Crippen molar-refractivity contribution in [1.29, 1.82) is 0 Å². The van der Waals surface area contributed by atoms with Gasteiger partial charge in [0, 0.05) is 32.3 Å². The summed E-state index contributed by atoms with van der Waals surface area (Å²) in [5, 5.41) is 8.87. The lowest BCUT2D eigenvalue weighted by Gasteiger charge is -2.29. The molecule has 1 aromatic carbocycles. The van der Waals surface area contributed by atoms with E-state index in [4.69, 9.17) is 9.84 Å². The van der Waals surface area contributed by atoms with Gasteiger partial charge in [0.2, 0.25) is 0 Å². The van der Waals surface area contributed by atoms with Crippen LogP contribution in [-0.2, 0) is 9.53 Å². The Balaban J connectivity index is 2.58. The topological polar surface area (TPSA) is 49.8 Å². The number of hydrogen-bond donors (Lipinski definition) is 1. The highest BCUT2D eigenvalue weighted by atomic mass is 16.5. The molecule has 0 fully saturated rings. The van der Waals surface area contributed by atoms with Gasteiger partial charge in [-0.05, 0) is 25.8 Å². The quantitative estimate of drug-likeness (QED) is 0.669. The Morgan fingerprint density at radius 3 is 2.60 bits per heavy atom. The first-order chi connectivity index (χ1) is 9.65. The fraction of sp³-hybridized carbons (Fsp3) is 0.562. The molecule has 4 heteroatoms. The Labute approximate surface area is 121 Å². The number of hydrogen-bond acceptors (Lipinski definition) is 3. The molecular formula is C16H25NO3. The standard InChI is InChI=1S/C16H25NO3/c1-3-20-13-7-11-17(12-10-16(18)19)14(2)15-8-5-4-6-9-15/h4-6,8-9,14H,3,7,10-13H2,1-2H3,(H,18,19). The average Bonchev–Trinajstić information content (AvgIpc) is 2.46. The van der Waals surface area contributed by atoms with E-state index >= 15 is 0 Å². The van der Waals surface area contributed by atoms with Crippen molar-refractivity contribution in [3.8, 4) is 0 Å². The van der Waals surface area contributed by atoms with Gasteiger partial charge in [-0.25, -0.2) is 0 Å². The normalized spacial score (nSPS) is 12.6. The second-order valence-corrected chi connectivity index (χ2v) is 4.82. The highest BCUT2D eigenvalue weighted by Crippen LogP contribution is 2.20. The van der Waals surface area contributed by atoms with E-state index in [2.05, 4.69) is 24.0 Å². The van der Waals surface area contributed by atoms with E-state index in [9.17, 15) is 4.79 Å². The SMILES string of the molecule is CCOCCCN(CCC(=O)O)C(C)c1ccccc1. The lowest BCUT2D eigenvalue weighted by molar-refractivity contribution is -0.137. The summed E-state index contributed by atoms with van der Waals surface area (Å²) in [6.07, 6.45) is 1.09. The van der Waals surface area contributed by atoms with Gasteiger partial charge in [-0.1, -0.05) is 30.3 Å². The monoisotopic (exact) mass is 279 g/mol. The van der Waals surface area contributed by atoms with Crippen molar-refractivity contribution >= 4 is 5.97 Å². The van der Waals surface area contributed by atoms with Crippen molar-refractivity contribution in [3.05, 3.63) is 35.9 Å². The third kappa shape index (κ3) is 6.17. The summed E-state index contributed by atoms with van der Waals surface area (Å²) >= 11 is 0. The molecule has 0 aromatic heterocycles. The zero-order valence-electron chi connectivity index (χ0n) is 12.4. The lowest BCUT2D eigenvalue weighted by Crippen LogP contribution is -2.31. The van der Waals surface area contributed by atoms with E-state index in [1.54, 1.807) is 0 Å². The number of carboxylic acids is 1. The highest BCUT2D eigenvalue weighted by Gasteiger charge is 2.16. The Hall–Kier alpha value is -1.39. The van der Waals surface area contributed by atoms with Crippen molar-refractivity contribution in [2.45, 2.75) is 32.7 Å². The maximum absolute atomic E-state index is 10.8. The summed E-state index contributed by atoms with van der Waals surface area (Å²) in [4.78, 5) is 13.0. The molecule has 0 aliphatic heterocycles. The van der Waals surface area contributed by atoms with Gasteiger partial charge in [0.1, 0.15) is 0 Å². The number of carboxylic acid groups (broad SMARTS) is 1. The minimum absolute atomic E-state index is 0.172. The fourth-order valence-electron chi connectivity index (χ4n) is 2.19. The van der Waals surface area contributed by atoms with Gasteiger partial charge in [-0.3, -0.25) is 9.69 Å². The van der Waals surface area contributed by atoms with Crippen LogP contribution in [0.25, 0.3) is 0 Å². The second kappa shape index (κ2) is 9.50. The van der Waals surface area contributed by atoms with E-state index in [0.717, 1.165) is 26.2 Å². The fourth-order valence-corrected chi connectivity index (χ4v) is 2.19. The Morgan fingerprint density at radius 1 is 1.30 bits per heavy atom. The van der Waals surface area contributed by atoms with Gasteiger partial charge in [-0.2, -0.15) is 0 Å². The van der Waals surface area contributed by atoms with Gasteiger partial charge in [0.05, 0.1) is 6.42 Å². The maximum atomic E-state index is 10.8. The molecule has 1 unspecified atom stereocenters. The number of rotatable bonds is 10. The molecule has 0 heterocycles. The minimum atomic E-state index is -0.750. The summed E-state index contributed by atoms with van der Waals surface area (Å²) in [6, 6.07) is 10.4. The van der Waals surface area contributed by atoms with Crippen molar-refractivity contribution in [2.24, 2.45) is 0 Å². The summed E-state index contributed by atoms with van der Waals surface area (Å²) in [5.74, 6) is -0.750. The van der Waals surface area contributed by atoms with Crippen LogP contribution in [0.4, 0.5) is 0 Å². The molecule has 4 nitrogen and oxygen atoms in total. The van der Waals surface area contributed by atoms with Crippen LogP contribution in [0.5, 0.6) is 0 Å². The van der Waals surface area contributed by atoms with Crippen LogP contribution < -0.4 is 0 Å². The molecule has 0 spiro atoms. The van der Waals surface area contributed by atoms with Crippen LogP contribution >= 0.6 is 0 Å². The second-order valence-electron chi connectivity index (χ2n) is 4.82. The number of nitrogens with zero attached hydrogens (tertiary/aromatic N) is 1. The van der Waals surface area contributed by atoms with Gasteiger partial charge in [0.15, 0.2) is 0 Å². The first kappa shape index (κ1) is 16.7.